The minimum atomic E-state index is -0.974. The van der Waals surface area contributed by atoms with Crippen LogP contribution in [0.25, 0.3) is 0 Å². The minimum absolute atomic E-state index is 0.0385. The fourth-order valence-electron chi connectivity index (χ4n) is 1.86. The van der Waals surface area contributed by atoms with Gasteiger partial charge in [-0.3, -0.25) is 14.9 Å². The highest BCUT2D eigenvalue weighted by Crippen LogP contribution is 2.13. The molecule has 1 aromatic rings. The number of hydrogen-bond acceptors (Lipinski definition) is 3. The average molecular weight is 248 g/mol. The molecule has 0 aromatic heterocycles. The van der Waals surface area contributed by atoms with Crippen LogP contribution in [-0.2, 0) is 9.59 Å². The third kappa shape index (κ3) is 2.87. The van der Waals surface area contributed by atoms with Gasteiger partial charge in [0.15, 0.2) is 0 Å². The second-order valence-corrected chi connectivity index (χ2v) is 4.30. The van der Waals surface area contributed by atoms with E-state index in [1.165, 1.54) is 0 Å². The van der Waals surface area contributed by atoms with Crippen LogP contribution in [0.5, 0.6) is 0 Å². The normalized spacial score (nSPS) is 15.9. The van der Waals surface area contributed by atoms with Gasteiger partial charge >= 0.3 is 5.97 Å². The fraction of sp³-hybridized carbons (Fsp3) is 0.385. The third-order valence-electron chi connectivity index (χ3n) is 3.05. The molecule has 0 spiro atoms. The maximum Gasteiger partial charge on any atom is 0.325 e. The number of benzene rings is 1. The van der Waals surface area contributed by atoms with Crippen molar-refractivity contribution in [1.82, 2.24) is 10.2 Å². The first-order valence-electron chi connectivity index (χ1n) is 5.97. The molecule has 1 atom stereocenters. The van der Waals surface area contributed by atoms with E-state index in [0.29, 0.717) is 5.56 Å². The number of carboxylic acids is 1. The van der Waals surface area contributed by atoms with Gasteiger partial charge in [0.25, 0.3) is 0 Å². The lowest BCUT2D eigenvalue weighted by atomic mass is 10.1. The zero-order valence-corrected chi connectivity index (χ0v) is 10.0. The summed E-state index contributed by atoms with van der Waals surface area (Å²) in [7, 11) is 0. The van der Waals surface area contributed by atoms with Crippen molar-refractivity contribution >= 4 is 11.9 Å². The summed E-state index contributed by atoms with van der Waals surface area (Å²) < 4.78 is 0. The van der Waals surface area contributed by atoms with Crippen molar-refractivity contribution in [2.24, 2.45) is 0 Å². The molecule has 0 bridgehead atoms. The van der Waals surface area contributed by atoms with Crippen molar-refractivity contribution in [2.45, 2.75) is 12.5 Å². The first-order chi connectivity index (χ1) is 8.68. The second-order valence-electron chi connectivity index (χ2n) is 4.30. The number of aliphatic carboxylic acids is 1. The smallest absolute Gasteiger partial charge is 0.325 e. The zero-order valence-electron chi connectivity index (χ0n) is 10.0. The van der Waals surface area contributed by atoms with Gasteiger partial charge in [0, 0.05) is 13.1 Å². The van der Waals surface area contributed by atoms with E-state index in [9.17, 15) is 9.59 Å². The quantitative estimate of drug-likeness (QED) is 0.802. The van der Waals surface area contributed by atoms with E-state index in [4.69, 9.17) is 5.11 Å². The molecule has 0 aliphatic carbocycles. The molecule has 2 rings (SSSR count). The minimum Gasteiger partial charge on any atom is -0.480 e. The number of nitrogens with zero attached hydrogens (tertiary/aromatic N) is 1. The monoisotopic (exact) mass is 248 g/mol. The van der Waals surface area contributed by atoms with Gasteiger partial charge in [0.2, 0.25) is 5.91 Å². The van der Waals surface area contributed by atoms with Crippen LogP contribution >= 0.6 is 0 Å². The standard InChI is InChI=1S/C13H16N2O3/c16-11(15-7-4-8-15)9-14-12(13(17)18)10-5-2-1-3-6-10/h1-3,5-6,12,14H,4,7-9H2,(H,17,18). The van der Waals surface area contributed by atoms with Gasteiger partial charge in [-0.1, -0.05) is 30.3 Å². The van der Waals surface area contributed by atoms with E-state index in [2.05, 4.69) is 5.32 Å². The summed E-state index contributed by atoms with van der Waals surface area (Å²) in [5.41, 5.74) is 0.654. The number of likely N-dealkylation sites (tertiary alicyclic amines) is 1. The number of carboxylic acid groups (broad SMARTS) is 1. The lowest BCUT2D eigenvalue weighted by Crippen LogP contribution is -2.47. The summed E-state index contributed by atoms with van der Waals surface area (Å²) in [4.78, 5) is 24.6. The maximum atomic E-state index is 11.7. The molecule has 0 radical (unpaired) electrons. The highest BCUT2D eigenvalue weighted by molar-refractivity contribution is 5.81. The van der Waals surface area contributed by atoms with Crippen molar-refractivity contribution in [1.29, 1.82) is 0 Å². The van der Waals surface area contributed by atoms with Gasteiger partial charge in [0.05, 0.1) is 6.54 Å². The number of nitrogens with one attached hydrogen (secondary N) is 1. The predicted molar refractivity (Wildman–Crippen MR) is 66.0 cm³/mol. The summed E-state index contributed by atoms with van der Waals surface area (Å²) in [6.07, 6.45) is 1.03. The van der Waals surface area contributed by atoms with Crippen LogP contribution < -0.4 is 5.32 Å². The van der Waals surface area contributed by atoms with Gasteiger partial charge in [-0.15, -0.1) is 0 Å². The number of amides is 1. The largest absolute Gasteiger partial charge is 0.480 e. The van der Waals surface area contributed by atoms with Crippen molar-refractivity contribution in [3.63, 3.8) is 0 Å². The summed E-state index contributed by atoms with van der Waals surface area (Å²) in [5, 5.41) is 12.0. The predicted octanol–water partition coefficient (Wildman–Crippen LogP) is 0.634. The topological polar surface area (TPSA) is 69.6 Å². The van der Waals surface area contributed by atoms with E-state index in [-0.39, 0.29) is 12.5 Å². The number of rotatable bonds is 5. The Kier molecular flexibility index (Phi) is 3.94. The van der Waals surface area contributed by atoms with Crippen LogP contribution in [0.2, 0.25) is 0 Å². The van der Waals surface area contributed by atoms with Crippen molar-refractivity contribution in [3.05, 3.63) is 35.9 Å². The zero-order chi connectivity index (χ0) is 13.0. The Morgan fingerprint density at radius 2 is 1.94 bits per heavy atom. The molecule has 1 saturated heterocycles. The molecule has 1 amide bonds. The third-order valence-corrected chi connectivity index (χ3v) is 3.05. The summed E-state index contributed by atoms with van der Waals surface area (Å²) in [6, 6.07) is 8.03. The Balaban J connectivity index is 1.94. The van der Waals surface area contributed by atoms with E-state index >= 15 is 0 Å². The molecular formula is C13H16N2O3. The lowest BCUT2D eigenvalue weighted by Gasteiger charge is -2.31. The number of hydrogen-bond donors (Lipinski definition) is 2. The van der Waals surface area contributed by atoms with E-state index in [1.54, 1.807) is 29.2 Å². The molecule has 0 saturated carbocycles. The molecule has 1 aromatic carbocycles. The highest BCUT2D eigenvalue weighted by atomic mass is 16.4. The molecular weight excluding hydrogens is 232 g/mol. The van der Waals surface area contributed by atoms with Crippen LogP contribution in [-0.4, -0.2) is 41.5 Å². The van der Waals surface area contributed by atoms with Gasteiger partial charge in [-0.25, -0.2) is 0 Å². The molecule has 1 heterocycles. The van der Waals surface area contributed by atoms with Gasteiger partial charge < -0.3 is 10.0 Å². The molecule has 1 aliphatic rings. The second kappa shape index (κ2) is 5.64. The molecule has 2 N–H and O–H groups in total. The molecule has 5 nitrogen and oxygen atoms in total. The fourth-order valence-corrected chi connectivity index (χ4v) is 1.86. The van der Waals surface area contributed by atoms with Crippen molar-refractivity contribution in [3.8, 4) is 0 Å². The van der Waals surface area contributed by atoms with Crippen LogP contribution in [0.3, 0.4) is 0 Å². The SMILES string of the molecule is O=C(O)C(NCC(=O)N1CCC1)c1ccccc1. The van der Waals surface area contributed by atoms with E-state index < -0.39 is 12.0 Å². The Bertz CT molecular complexity index is 429. The molecule has 1 fully saturated rings. The van der Waals surface area contributed by atoms with Crippen LogP contribution in [0, 0.1) is 0 Å². The van der Waals surface area contributed by atoms with Crippen LogP contribution in [0.4, 0.5) is 0 Å². The summed E-state index contributed by atoms with van der Waals surface area (Å²) >= 11 is 0. The Labute approximate surface area is 105 Å². The first-order valence-corrected chi connectivity index (χ1v) is 5.97. The van der Waals surface area contributed by atoms with Gasteiger partial charge in [-0.05, 0) is 12.0 Å². The van der Waals surface area contributed by atoms with Gasteiger partial charge in [-0.2, -0.15) is 0 Å². The molecule has 1 unspecified atom stereocenters. The number of carbonyl (C=O) groups is 2. The number of carbonyl (C=O) groups excluding carboxylic acids is 1. The Hall–Kier alpha value is -1.88. The average Bonchev–Trinajstić information content (AvgIpc) is 2.28. The van der Waals surface area contributed by atoms with Crippen molar-refractivity contribution in [2.75, 3.05) is 19.6 Å². The molecule has 1 aliphatic heterocycles. The Morgan fingerprint density at radius 1 is 1.28 bits per heavy atom. The van der Waals surface area contributed by atoms with Crippen molar-refractivity contribution < 1.29 is 14.7 Å². The Morgan fingerprint density at radius 3 is 2.44 bits per heavy atom. The summed E-state index contributed by atoms with van der Waals surface area (Å²) in [6.45, 7) is 1.62. The molecule has 18 heavy (non-hydrogen) atoms. The van der Waals surface area contributed by atoms with Gasteiger partial charge in [0.1, 0.15) is 6.04 Å². The summed E-state index contributed by atoms with van der Waals surface area (Å²) in [5.74, 6) is -1.01. The highest BCUT2D eigenvalue weighted by Gasteiger charge is 2.23. The molecule has 5 heteroatoms. The van der Waals surface area contributed by atoms with E-state index in [1.807, 2.05) is 6.07 Å². The first kappa shape index (κ1) is 12.6. The lowest BCUT2D eigenvalue weighted by molar-refractivity contribution is -0.140. The maximum absolute atomic E-state index is 11.7. The van der Waals surface area contributed by atoms with Crippen LogP contribution in [0.15, 0.2) is 30.3 Å². The molecule has 96 valence electrons. The van der Waals surface area contributed by atoms with Crippen LogP contribution in [0.1, 0.15) is 18.0 Å². The van der Waals surface area contributed by atoms with E-state index in [0.717, 1.165) is 19.5 Å².